The Morgan fingerprint density at radius 1 is 1.25 bits per heavy atom. The Labute approximate surface area is 80.2 Å². The number of hydrogen-bond donors (Lipinski definition) is 0. The monoisotopic (exact) mass is 230 g/mol. The van der Waals surface area contributed by atoms with Crippen LogP contribution in [0.5, 0.6) is 0 Å². The molecule has 0 atom stereocenters. The van der Waals surface area contributed by atoms with E-state index in [1.807, 2.05) is 25.9 Å². The topological polar surface area (TPSA) is 41.9 Å². The number of halogens is 1. The number of hydrogen-bond acceptors (Lipinski definition) is 4. The van der Waals surface area contributed by atoms with Crippen LogP contribution in [0.3, 0.4) is 0 Å². The number of nitrogens with zero attached hydrogens (tertiary/aromatic N) is 4. The largest absolute Gasteiger partial charge is 0.347 e. The van der Waals surface area contributed by atoms with Crippen molar-refractivity contribution in [3.63, 3.8) is 0 Å². The van der Waals surface area contributed by atoms with Gasteiger partial charge >= 0.3 is 0 Å². The zero-order chi connectivity index (χ0) is 9.14. The number of rotatable bonds is 2. The molecule has 12 heavy (non-hydrogen) atoms. The van der Waals surface area contributed by atoms with E-state index in [2.05, 4.69) is 30.9 Å². The quantitative estimate of drug-likeness (QED) is 0.768. The Bertz CT molecular complexity index is 274. The van der Waals surface area contributed by atoms with Crippen LogP contribution in [-0.2, 0) is 6.42 Å². The van der Waals surface area contributed by atoms with Gasteiger partial charge in [-0.25, -0.2) is 4.98 Å². The summed E-state index contributed by atoms with van der Waals surface area (Å²) < 4.78 is 0.595. The maximum Gasteiger partial charge on any atom is 0.229 e. The normalized spacial score (nSPS) is 10.0. The Balaban J connectivity index is 3.06. The lowest BCUT2D eigenvalue weighted by molar-refractivity contribution is 0.851. The van der Waals surface area contributed by atoms with Crippen molar-refractivity contribution in [1.82, 2.24) is 15.0 Å². The van der Waals surface area contributed by atoms with E-state index in [-0.39, 0.29) is 0 Å². The molecule has 4 nitrogen and oxygen atoms in total. The number of anilines is 1. The molecule has 0 aliphatic rings. The van der Waals surface area contributed by atoms with E-state index in [1.165, 1.54) is 0 Å². The molecule has 1 aromatic rings. The molecule has 0 bridgehead atoms. The van der Waals surface area contributed by atoms with Crippen LogP contribution in [0.1, 0.15) is 12.7 Å². The van der Waals surface area contributed by atoms with E-state index in [9.17, 15) is 0 Å². The minimum atomic E-state index is 0.595. The molecule has 0 aromatic carbocycles. The van der Waals surface area contributed by atoms with Crippen LogP contribution in [0.4, 0.5) is 5.95 Å². The molecule has 0 spiro atoms. The van der Waals surface area contributed by atoms with Crippen LogP contribution in [0.2, 0.25) is 0 Å². The lowest BCUT2D eigenvalue weighted by atomic mass is 10.5. The highest BCUT2D eigenvalue weighted by atomic mass is 79.9. The van der Waals surface area contributed by atoms with Crippen molar-refractivity contribution in [3.8, 4) is 0 Å². The Morgan fingerprint density at radius 3 is 2.42 bits per heavy atom. The number of aryl methyl sites for hydroxylation is 1. The van der Waals surface area contributed by atoms with Crippen LogP contribution in [0.25, 0.3) is 0 Å². The van der Waals surface area contributed by atoms with E-state index in [0.717, 1.165) is 12.2 Å². The predicted octanol–water partition coefficient (Wildman–Crippen LogP) is 1.26. The maximum atomic E-state index is 4.23. The summed E-state index contributed by atoms with van der Waals surface area (Å²) in [6, 6.07) is 0. The summed E-state index contributed by atoms with van der Waals surface area (Å²) in [6.07, 6.45) is 0.821. The van der Waals surface area contributed by atoms with Crippen molar-refractivity contribution >= 4 is 21.9 Å². The SMILES string of the molecule is CCc1nc(Br)nc(N(C)C)n1. The van der Waals surface area contributed by atoms with E-state index < -0.39 is 0 Å². The first-order chi connectivity index (χ1) is 5.63. The molecule has 1 aromatic heterocycles. The molecule has 0 saturated heterocycles. The third-order valence-electron chi connectivity index (χ3n) is 1.36. The van der Waals surface area contributed by atoms with Crippen molar-refractivity contribution in [2.75, 3.05) is 19.0 Å². The molecule has 0 unspecified atom stereocenters. The molecule has 5 heteroatoms. The van der Waals surface area contributed by atoms with Crippen molar-refractivity contribution in [2.24, 2.45) is 0 Å². The molecule has 1 rings (SSSR count). The maximum absolute atomic E-state index is 4.23. The molecule has 1 heterocycles. The molecule has 0 fully saturated rings. The average Bonchev–Trinajstić information content (AvgIpc) is 2.03. The van der Waals surface area contributed by atoms with Gasteiger partial charge in [-0.15, -0.1) is 0 Å². The van der Waals surface area contributed by atoms with Crippen LogP contribution < -0.4 is 4.90 Å². The molecule has 0 aliphatic carbocycles. The van der Waals surface area contributed by atoms with Gasteiger partial charge in [0.05, 0.1) is 0 Å². The van der Waals surface area contributed by atoms with Crippen molar-refractivity contribution < 1.29 is 0 Å². The third kappa shape index (κ3) is 2.14. The molecule has 0 radical (unpaired) electrons. The summed E-state index contributed by atoms with van der Waals surface area (Å²) in [7, 11) is 3.81. The van der Waals surface area contributed by atoms with Crippen molar-refractivity contribution in [2.45, 2.75) is 13.3 Å². The molecule has 0 saturated carbocycles. The first-order valence-electron chi connectivity index (χ1n) is 3.71. The second-order valence-corrected chi connectivity index (χ2v) is 3.28. The highest BCUT2D eigenvalue weighted by Gasteiger charge is 2.03. The smallest absolute Gasteiger partial charge is 0.229 e. The van der Waals surface area contributed by atoms with Gasteiger partial charge in [-0.2, -0.15) is 9.97 Å². The summed E-state index contributed by atoms with van der Waals surface area (Å²) in [5, 5.41) is 0. The van der Waals surface area contributed by atoms with Crippen LogP contribution in [-0.4, -0.2) is 29.0 Å². The first-order valence-corrected chi connectivity index (χ1v) is 4.50. The summed E-state index contributed by atoms with van der Waals surface area (Å²) in [5.41, 5.74) is 0. The predicted molar refractivity (Wildman–Crippen MR) is 51.2 cm³/mol. The van der Waals surface area contributed by atoms with E-state index >= 15 is 0 Å². The van der Waals surface area contributed by atoms with E-state index in [4.69, 9.17) is 0 Å². The van der Waals surface area contributed by atoms with Gasteiger partial charge in [-0.3, -0.25) is 0 Å². The Kier molecular flexibility index (Phi) is 2.97. The van der Waals surface area contributed by atoms with Crippen LogP contribution >= 0.6 is 15.9 Å². The third-order valence-corrected chi connectivity index (χ3v) is 1.71. The fourth-order valence-corrected chi connectivity index (χ4v) is 1.10. The minimum absolute atomic E-state index is 0.595. The fraction of sp³-hybridized carbons (Fsp3) is 0.571. The fourth-order valence-electron chi connectivity index (χ4n) is 0.738. The second-order valence-electron chi connectivity index (χ2n) is 2.57. The first kappa shape index (κ1) is 9.38. The van der Waals surface area contributed by atoms with Gasteiger partial charge in [0.25, 0.3) is 0 Å². The minimum Gasteiger partial charge on any atom is -0.347 e. The van der Waals surface area contributed by atoms with E-state index in [1.54, 1.807) is 0 Å². The molecular formula is C7H11BrN4. The number of aromatic nitrogens is 3. The Morgan fingerprint density at radius 2 is 1.92 bits per heavy atom. The van der Waals surface area contributed by atoms with Gasteiger partial charge < -0.3 is 4.90 Å². The molecule has 0 aliphatic heterocycles. The standard InChI is InChI=1S/C7H11BrN4/c1-4-5-9-6(8)11-7(10-5)12(2)3/h4H2,1-3H3. The molecule has 0 N–H and O–H groups in total. The van der Waals surface area contributed by atoms with Crippen molar-refractivity contribution in [1.29, 1.82) is 0 Å². The highest BCUT2D eigenvalue weighted by Crippen LogP contribution is 2.08. The van der Waals surface area contributed by atoms with Crippen LogP contribution in [0, 0.1) is 0 Å². The zero-order valence-corrected chi connectivity index (χ0v) is 8.96. The van der Waals surface area contributed by atoms with Gasteiger partial charge in [0.2, 0.25) is 10.7 Å². The second kappa shape index (κ2) is 3.80. The Hall–Kier alpha value is -0.710. The summed E-state index contributed by atoms with van der Waals surface area (Å²) >= 11 is 3.23. The lowest BCUT2D eigenvalue weighted by Crippen LogP contribution is -2.14. The highest BCUT2D eigenvalue weighted by molar-refractivity contribution is 9.10. The van der Waals surface area contributed by atoms with Gasteiger partial charge in [0.1, 0.15) is 5.82 Å². The van der Waals surface area contributed by atoms with Crippen molar-refractivity contribution in [3.05, 3.63) is 10.6 Å². The van der Waals surface area contributed by atoms with Gasteiger partial charge in [0.15, 0.2) is 0 Å². The summed E-state index contributed by atoms with van der Waals surface area (Å²) in [5.74, 6) is 1.49. The van der Waals surface area contributed by atoms with Gasteiger partial charge in [-0.05, 0) is 15.9 Å². The van der Waals surface area contributed by atoms with Gasteiger partial charge in [-0.1, -0.05) is 6.92 Å². The zero-order valence-electron chi connectivity index (χ0n) is 7.37. The molecular weight excluding hydrogens is 220 g/mol. The van der Waals surface area contributed by atoms with Crippen LogP contribution in [0.15, 0.2) is 4.73 Å². The lowest BCUT2D eigenvalue weighted by Gasteiger charge is -2.10. The molecule has 66 valence electrons. The summed E-state index contributed by atoms with van der Waals surface area (Å²) in [4.78, 5) is 14.3. The molecule has 0 amide bonds. The average molecular weight is 231 g/mol. The van der Waals surface area contributed by atoms with E-state index in [0.29, 0.717) is 10.7 Å². The summed E-state index contributed by atoms with van der Waals surface area (Å²) in [6.45, 7) is 2.02. The van der Waals surface area contributed by atoms with Gasteiger partial charge in [0, 0.05) is 20.5 Å².